The largest absolute Gasteiger partial charge is 0.459 e. The molecule has 0 radical (unpaired) electrons. The maximum Gasteiger partial charge on any atom is 0.396 e. The molecule has 0 aliphatic carbocycles. The molecule has 0 atom stereocenters. The van der Waals surface area contributed by atoms with Crippen LogP contribution in [0, 0.1) is 0 Å². The van der Waals surface area contributed by atoms with Crippen molar-refractivity contribution in [2.45, 2.75) is 33.2 Å². The summed E-state index contributed by atoms with van der Waals surface area (Å²) in [6.45, 7) is 6.44. The summed E-state index contributed by atoms with van der Waals surface area (Å²) in [6.07, 6.45) is 0. The van der Waals surface area contributed by atoms with E-state index in [0.29, 0.717) is 12.5 Å². The molecule has 0 heterocycles. The average molecular weight is 249 g/mol. The van der Waals surface area contributed by atoms with Crippen molar-refractivity contribution in [2.24, 2.45) is 0 Å². The number of benzene rings is 1. The molecule has 0 fully saturated rings. The molecule has 18 heavy (non-hydrogen) atoms. The lowest BCUT2D eigenvalue weighted by Gasteiger charge is -2.07. The smallest absolute Gasteiger partial charge is 0.396 e. The minimum atomic E-state index is -0.837. The molecule has 1 rings (SSSR count). The lowest BCUT2D eigenvalue weighted by Crippen LogP contribution is -2.32. The number of hydrogen-bond acceptors (Lipinski definition) is 3. The summed E-state index contributed by atoms with van der Waals surface area (Å²) in [7, 11) is 0. The topological polar surface area (TPSA) is 55.4 Å². The van der Waals surface area contributed by atoms with Crippen LogP contribution in [0.15, 0.2) is 24.3 Å². The van der Waals surface area contributed by atoms with Crippen molar-refractivity contribution in [3.8, 4) is 0 Å². The van der Waals surface area contributed by atoms with Gasteiger partial charge in [0.2, 0.25) is 0 Å². The molecule has 0 aliphatic heterocycles. The molecular weight excluding hydrogens is 230 g/mol. The van der Waals surface area contributed by atoms with Crippen LogP contribution in [0.4, 0.5) is 0 Å². The Morgan fingerprint density at radius 3 is 2.33 bits per heavy atom. The zero-order valence-corrected chi connectivity index (χ0v) is 11.0. The van der Waals surface area contributed by atoms with E-state index < -0.39 is 11.9 Å². The van der Waals surface area contributed by atoms with Crippen molar-refractivity contribution in [3.63, 3.8) is 0 Å². The third kappa shape index (κ3) is 4.20. The van der Waals surface area contributed by atoms with Gasteiger partial charge in [-0.3, -0.25) is 4.79 Å². The number of nitrogens with one attached hydrogen (secondary N) is 1. The molecule has 0 aliphatic rings. The van der Waals surface area contributed by atoms with E-state index in [1.54, 1.807) is 6.92 Å². The van der Waals surface area contributed by atoms with Crippen LogP contribution in [0.2, 0.25) is 0 Å². The first-order valence-corrected chi connectivity index (χ1v) is 6.08. The van der Waals surface area contributed by atoms with E-state index in [0.717, 1.165) is 5.56 Å². The van der Waals surface area contributed by atoms with E-state index >= 15 is 0 Å². The highest BCUT2D eigenvalue weighted by molar-refractivity contribution is 6.32. The van der Waals surface area contributed by atoms with Gasteiger partial charge in [-0.25, -0.2) is 4.79 Å². The fourth-order valence-electron chi connectivity index (χ4n) is 1.47. The Morgan fingerprint density at radius 1 is 1.22 bits per heavy atom. The molecule has 1 amide bonds. The second kappa shape index (κ2) is 6.79. The van der Waals surface area contributed by atoms with Gasteiger partial charge in [-0.1, -0.05) is 38.1 Å². The quantitative estimate of drug-likeness (QED) is 0.656. The van der Waals surface area contributed by atoms with Gasteiger partial charge in [0, 0.05) is 6.54 Å². The predicted octanol–water partition coefficient (Wildman–Crippen LogP) is 1.99. The number of ether oxygens (including phenoxy) is 1. The summed E-state index contributed by atoms with van der Waals surface area (Å²) in [5.74, 6) is -1.06. The Bertz CT molecular complexity index is 410. The van der Waals surface area contributed by atoms with E-state index in [2.05, 4.69) is 23.9 Å². The van der Waals surface area contributed by atoms with Gasteiger partial charge in [0.05, 0.1) is 6.61 Å². The van der Waals surface area contributed by atoms with E-state index in [1.807, 2.05) is 24.3 Å². The number of amides is 1. The summed E-state index contributed by atoms with van der Waals surface area (Å²) in [4.78, 5) is 22.4. The Morgan fingerprint density at radius 2 is 1.83 bits per heavy atom. The van der Waals surface area contributed by atoms with E-state index in [-0.39, 0.29) is 6.61 Å². The second-order valence-corrected chi connectivity index (χ2v) is 4.30. The van der Waals surface area contributed by atoms with Crippen molar-refractivity contribution in [1.82, 2.24) is 5.32 Å². The maximum absolute atomic E-state index is 11.3. The van der Waals surface area contributed by atoms with Crippen LogP contribution in [0.1, 0.15) is 37.8 Å². The maximum atomic E-state index is 11.3. The molecular formula is C14H19NO3. The molecule has 4 nitrogen and oxygen atoms in total. The van der Waals surface area contributed by atoms with Crippen LogP contribution >= 0.6 is 0 Å². The Kier molecular flexibility index (Phi) is 5.36. The third-order valence-electron chi connectivity index (χ3n) is 2.56. The zero-order chi connectivity index (χ0) is 13.5. The lowest BCUT2D eigenvalue weighted by molar-refractivity contribution is -0.154. The summed E-state index contributed by atoms with van der Waals surface area (Å²) >= 11 is 0. The fraction of sp³-hybridized carbons (Fsp3) is 0.429. The number of carbonyl (C=O) groups is 2. The molecule has 0 aromatic heterocycles. The second-order valence-electron chi connectivity index (χ2n) is 4.30. The van der Waals surface area contributed by atoms with Crippen molar-refractivity contribution in [1.29, 1.82) is 0 Å². The van der Waals surface area contributed by atoms with Crippen LogP contribution in [-0.4, -0.2) is 18.5 Å². The van der Waals surface area contributed by atoms with Gasteiger partial charge in [-0.15, -0.1) is 0 Å². The van der Waals surface area contributed by atoms with Crippen molar-refractivity contribution < 1.29 is 14.3 Å². The summed E-state index contributed by atoms with van der Waals surface area (Å²) in [5, 5.41) is 2.52. The highest BCUT2D eigenvalue weighted by Crippen LogP contribution is 2.14. The number of hydrogen-bond donors (Lipinski definition) is 1. The minimum Gasteiger partial charge on any atom is -0.459 e. The van der Waals surface area contributed by atoms with E-state index in [1.165, 1.54) is 5.56 Å². The first-order valence-electron chi connectivity index (χ1n) is 6.08. The molecule has 98 valence electrons. The molecule has 0 bridgehead atoms. The lowest BCUT2D eigenvalue weighted by atomic mass is 10.0. The van der Waals surface area contributed by atoms with Crippen molar-refractivity contribution >= 4 is 11.9 Å². The molecule has 1 aromatic rings. The van der Waals surface area contributed by atoms with Crippen LogP contribution in [0.5, 0.6) is 0 Å². The van der Waals surface area contributed by atoms with Crippen LogP contribution in [-0.2, 0) is 20.9 Å². The highest BCUT2D eigenvalue weighted by Gasteiger charge is 2.13. The van der Waals surface area contributed by atoms with Gasteiger partial charge in [-0.2, -0.15) is 0 Å². The highest BCUT2D eigenvalue weighted by atomic mass is 16.5. The standard InChI is InChI=1S/C14H19NO3/c1-4-18-14(17)13(16)15-9-11-5-7-12(8-6-11)10(2)3/h5-8,10H,4,9H2,1-3H3,(H,15,16). The minimum absolute atomic E-state index is 0.204. The molecule has 0 spiro atoms. The van der Waals surface area contributed by atoms with Crippen LogP contribution < -0.4 is 5.32 Å². The van der Waals surface area contributed by atoms with Crippen molar-refractivity contribution in [3.05, 3.63) is 35.4 Å². The Labute approximate surface area is 107 Å². The number of rotatable bonds is 4. The monoisotopic (exact) mass is 249 g/mol. The van der Waals surface area contributed by atoms with E-state index in [9.17, 15) is 9.59 Å². The van der Waals surface area contributed by atoms with Gasteiger partial charge in [0.1, 0.15) is 0 Å². The third-order valence-corrected chi connectivity index (χ3v) is 2.56. The summed E-state index contributed by atoms with van der Waals surface area (Å²) in [6, 6.07) is 7.94. The Hall–Kier alpha value is -1.84. The Balaban J connectivity index is 2.48. The SMILES string of the molecule is CCOC(=O)C(=O)NCc1ccc(C(C)C)cc1. The molecule has 0 saturated carbocycles. The summed E-state index contributed by atoms with van der Waals surface area (Å²) < 4.78 is 4.59. The van der Waals surface area contributed by atoms with Gasteiger partial charge in [-0.05, 0) is 24.0 Å². The van der Waals surface area contributed by atoms with Gasteiger partial charge in [0.25, 0.3) is 0 Å². The van der Waals surface area contributed by atoms with Crippen LogP contribution in [0.25, 0.3) is 0 Å². The van der Waals surface area contributed by atoms with E-state index in [4.69, 9.17) is 0 Å². The van der Waals surface area contributed by atoms with Crippen molar-refractivity contribution in [2.75, 3.05) is 6.61 Å². The normalized spacial score (nSPS) is 10.2. The predicted molar refractivity (Wildman–Crippen MR) is 69.0 cm³/mol. The molecule has 0 unspecified atom stereocenters. The van der Waals surface area contributed by atoms with Gasteiger partial charge < -0.3 is 10.1 Å². The van der Waals surface area contributed by atoms with Crippen LogP contribution in [0.3, 0.4) is 0 Å². The first-order chi connectivity index (χ1) is 8.54. The fourth-order valence-corrected chi connectivity index (χ4v) is 1.47. The molecule has 4 heteroatoms. The molecule has 1 N–H and O–H groups in total. The average Bonchev–Trinajstić information content (AvgIpc) is 2.36. The van der Waals surface area contributed by atoms with Gasteiger partial charge in [0.15, 0.2) is 0 Å². The number of esters is 1. The van der Waals surface area contributed by atoms with Gasteiger partial charge >= 0.3 is 11.9 Å². The summed E-state index contributed by atoms with van der Waals surface area (Å²) in [5.41, 5.74) is 2.20. The zero-order valence-electron chi connectivity index (χ0n) is 11.0. The molecule has 0 saturated heterocycles. The number of carbonyl (C=O) groups excluding carboxylic acids is 2. The first kappa shape index (κ1) is 14.2. The molecule has 1 aromatic carbocycles.